The molecule has 7 nitrogen and oxygen atoms in total. The zero-order valence-corrected chi connectivity index (χ0v) is 17.7. The van der Waals surface area contributed by atoms with E-state index >= 15 is 0 Å². The maximum absolute atomic E-state index is 13.1. The second-order valence-corrected chi connectivity index (χ2v) is 8.09. The van der Waals surface area contributed by atoms with E-state index in [0.717, 1.165) is 66.6 Å². The molecule has 0 aliphatic carbocycles. The number of hydrogen-bond acceptors (Lipinski definition) is 4. The van der Waals surface area contributed by atoms with E-state index in [1.54, 1.807) is 0 Å². The quantitative estimate of drug-likeness (QED) is 0.520. The van der Waals surface area contributed by atoms with Crippen LogP contribution in [0.3, 0.4) is 0 Å². The summed E-state index contributed by atoms with van der Waals surface area (Å²) in [5.41, 5.74) is 6.61. The molecule has 0 amide bonds. The Morgan fingerprint density at radius 1 is 0.968 bits per heavy atom. The Bertz CT molecular complexity index is 1230. The molecule has 4 aromatic rings. The predicted molar refractivity (Wildman–Crippen MR) is 120 cm³/mol. The van der Waals surface area contributed by atoms with Crippen LogP contribution in [-0.4, -0.2) is 30.0 Å². The number of benzene rings is 2. The third kappa shape index (κ3) is 3.60. The lowest BCUT2D eigenvalue weighted by molar-refractivity contribution is 0.346. The molecule has 31 heavy (non-hydrogen) atoms. The summed E-state index contributed by atoms with van der Waals surface area (Å²) in [4.78, 5) is 13.1. The van der Waals surface area contributed by atoms with Gasteiger partial charge in [-0.3, -0.25) is 14.2 Å². The number of nitrogens with zero attached hydrogens (tertiary/aromatic N) is 5. The van der Waals surface area contributed by atoms with Gasteiger partial charge in [-0.1, -0.05) is 61.9 Å². The molecule has 1 N–H and O–H groups in total. The first-order valence-corrected chi connectivity index (χ1v) is 11.0. The summed E-state index contributed by atoms with van der Waals surface area (Å²) in [6, 6.07) is 16.5. The van der Waals surface area contributed by atoms with Gasteiger partial charge in [-0.2, -0.15) is 5.21 Å². The molecule has 0 unspecified atom stereocenters. The van der Waals surface area contributed by atoms with Crippen molar-refractivity contribution in [3.63, 3.8) is 0 Å². The van der Waals surface area contributed by atoms with Gasteiger partial charge in [0.15, 0.2) is 0 Å². The topological polar surface area (TPSA) is 81.4 Å². The fraction of sp³-hybridized carbons (Fsp3) is 0.333. The minimum absolute atomic E-state index is 0.190. The highest BCUT2D eigenvalue weighted by atomic mass is 16.1. The molecule has 158 valence electrons. The van der Waals surface area contributed by atoms with Gasteiger partial charge in [-0.25, -0.2) is 0 Å². The smallest absolute Gasteiger partial charge is 0.270 e. The average Bonchev–Trinajstić information content (AvgIpc) is 3.44. The summed E-state index contributed by atoms with van der Waals surface area (Å²) in [5.74, 6) is 0.580. The van der Waals surface area contributed by atoms with Crippen molar-refractivity contribution in [2.45, 2.75) is 52.1 Å². The molecule has 3 heterocycles. The van der Waals surface area contributed by atoms with E-state index in [1.807, 2.05) is 22.9 Å². The van der Waals surface area contributed by atoms with Crippen LogP contribution in [0.2, 0.25) is 0 Å². The molecule has 0 spiro atoms. The summed E-state index contributed by atoms with van der Waals surface area (Å²) in [7, 11) is 0. The van der Waals surface area contributed by atoms with Crippen LogP contribution in [0.25, 0.3) is 22.5 Å². The third-order valence-electron chi connectivity index (χ3n) is 6.08. The van der Waals surface area contributed by atoms with Gasteiger partial charge in [0.1, 0.15) is 0 Å². The summed E-state index contributed by atoms with van der Waals surface area (Å²) in [6.07, 6.45) is 4.91. The van der Waals surface area contributed by atoms with E-state index in [2.05, 4.69) is 62.6 Å². The summed E-state index contributed by atoms with van der Waals surface area (Å²) >= 11 is 0. The van der Waals surface area contributed by atoms with Crippen LogP contribution in [0, 0.1) is 0 Å². The molecular weight excluding hydrogens is 388 g/mol. The van der Waals surface area contributed by atoms with Crippen LogP contribution >= 0.6 is 0 Å². The molecule has 0 radical (unpaired) electrons. The maximum atomic E-state index is 13.1. The highest BCUT2D eigenvalue weighted by Gasteiger charge is 2.21. The fourth-order valence-electron chi connectivity index (χ4n) is 4.60. The van der Waals surface area contributed by atoms with Crippen molar-refractivity contribution in [2.75, 3.05) is 0 Å². The number of aromatic nitrogens is 6. The normalized spacial score (nSPS) is 13.3. The largest absolute Gasteiger partial charge is 0.286 e. The Labute approximate surface area is 180 Å². The van der Waals surface area contributed by atoms with Gasteiger partial charge in [0, 0.05) is 36.3 Å². The number of tetrazole rings is 1. The van der Waals surface area contributed by atoms with Crippen LogP contribution in [0.5, 0.6) is 0 Å². The Hall–Kier alpha value is -3.48. The lowest BCUT2D eigenvalue weighted by Gasteiger charge is -2.19. The number of H-pyrrole nitrogens is 1. The van der Waals surface area contributed by atoms with Gasteiger partial charge in [-0.15, -0.1) is 10.2 Å². The van der Waals surface area contributed by atoms with Crippen molar-refractivity contribution >= 4 is 0 Å². The van der Waals surface area contributed by atoms with Gasteiger partial charge in [0.2, 0.25) is 5.82 Å². The monoisotopic (exact) mass is 414 g/mol. The van der Waals surface area contributed by atoms with Gasteiger partial charge in [0.25, 0.3) is 5.56 Å². The molecule has 0 atom stereocenters. The first-order valence-electron chi connectivity index (χ1n) is 11.0. The lowest BCUT2D eigenvalue weighted by Crippen LogP contribution is -2.28. The van der Waals surface area contributed by atoms with E-state index in [-0.39, 0.29) is 5.56 Å². The van der Waals surface area contributed by atoms with Crippen LogP contribution in [0.15, 0.2) is 53.3 Å². The van der Waals surface area contributed by atoms with Gasteiger partial charge >= 0.3 is 0 Å². The molecule has 0 saturated heterocycles. The predicted octanol–water partition coefficient (Wildman–Crippen LogP) is 3.83. The third-order valence-corrected chi connectivity index (χ3v) is 6.08. The SMILES string of the molecule is CCCc1c(Cc2ccc(-c3ccccc3-c3nn[nH]n3)cc2)c(=O)n2n1CCCC2. The molecule has 2 aromatic heterocycles. The Balaban J connectivity index is 1.47. The number of aromatic amines is 1. The first kappa shape index (κ1) is 19.5. The molecule has 1 aliphatic rings. The number of nitrogens with one attached hydrogen (secondary N) is 1. The van der Waals surface area contributed by atoms with Crippen LogP contribution in [0.1, 0.15) is 43.0 Å². The second-order valence-electron chi connectivity index (χ2n) is 8.09. The van der Waals surface area contributed by atoms with Crippen LogP contribution < -0.4 is 5.56 Å². The van der Waals surface area contributed by atoms with Crippen molar-refractivity contribution < 1.29 is 0 Å². The second kappa shape index (κ2) is 8.34. The van der Waals surface area contributed by atoms with Crippen LogP contribution in [0.4, 0.5) is 0 Å². The van der Waals surface area contributed by atoms with Crippen molar-refractivity contribution in [1.29, 1.82) is 0 Å². The van der Waals surface area contributed by atoms with E-state index in [0.29, 0.717) is 12.2 Å². The fourth-order valence-corrected chi connectivity index (χ4v) is 4.60. The molecule has 5 rings (SSSR count). The van der Waals surface area contributed by atoms with Crippen molar-refractivity contribution in [1.82, 2.24) is 30.0 Å². The Kier molecular flexibility index (Phi) is 5.24. The Morgan fingerprint density at radius 3 is 2.42 bits per heavy atom. The zero-order chi connectivity index (χ0) is 21.2. The van der Waals surface area contributed by atoms with E-state index in [9.17, 15) is 4.79 Å². The van der Waals surface area contributed by atoms with Gasteiger partial charge in [-0.05, 0) is 41.2 Å². The molecular formula is C24H26N6O. The maximum Gasteiger partial charge on any atom is 0.270 e. The summed E-state index contributed by atoms with van der Waals surface area (Å²) in [6.45, 7) is 3.97. The zero-order valence-electron chi connectivity index (χ0n) is 17.7. The van der Waals surface area contributed by atoms with Crippen molar-refractivity contribution in [3.05, 3.63) is 75.7 Å². The van der Waals surface area contributed by atoms with Gasteiger partial charge < -0.3 is 0 Å². The van der Waals surface area contributed by atoms with Gasteiger partial charge in [0.05, 0.1) is 0 Å². The molecule has 0 bridgehead atoms. The molecule has 2 aromatic carbocycles. The van der Waals surface area contributed by atoms with E-state index in [4.69, 9.17) is 0 Å². The van der Waals surface area contributed by atoms with Crippen molar-refractivity contribution in [2.24, 2.45) is 0 Å². The highest BCUT2D eigenvalue weighted by Crippen LogP contribution is 2.30. The van der Waals surface area contributed by atoms with E-state index in [1.165, 1.54) is 5.69 Å². The van der Waals surface area contributed by atoms with E-state index < -0.39 is 0 Å². The summed E-state index contributed by atoms with van der Waals surface area (Å²) in [5, 5.41) is 14.5. The number of hydrogen-bond donors (Lipinski definition) is 1. The molecule has 0 saturated carbocycles. The first-order chi connectivity index (χ1) is 15.3. The number of fused-ring (bicyclic) bond motifs is 1. The highest BCUT2D eigenvalue weighted by molar-refractivity contribution is 5.80. The minimum Gasteiger partial charge on any atom is -0.286 e. The Morgan fingerprint density at radius 2 is 1.71 bits per heavy atom. The molecule has 0 fully saturated rings. The molecule has 1 aliphatic heterocycles. The lowest BCUT2D eigenvalue weighted by atomic mass is 9.96. The number of rotatable bonds is 6. The van der Waals surface area contributed by atoms with Crippen LogP contribution in [-0.2, 0) is 25.9 Å². The minimum atomic E-state index is 0.190. The standard InChI is InChI=1S/C24H26N6O/c1-2-7-22-21(24(31)30-15-6-5-14-29(22)30)16-17-10-12-18(13-11-17)19-8-3-4-9-20(19)23-25-27-28-26-23/h3-4,8-13H,2,5-7,14-16H2,1H3,(H,25,26,27,28). The summed E-state index contributed by atoms with van der Waals surface area (Å²) < 4.78 is 4.19. The average molecular weight is 415 g/mol. The van der Waals surface area contributed by atoms with Crippen molar-refractivity contribution in [3.8, 4) is 22.5 Å². The molecule has 7 heteroatoms.